The molecule has 1 aromatic rings. The highest BCUT2D eigenvalue weighted by Gasteiger charge is 2.14. The first-order chi connectivity index (χ1) is 9.43. The molecule has 0 radical (unpaired) electrons. The average Bonchev–Trinajstić information content (AvgIpc) is 2.44. The van der Waals surface area contributed by atoms with E-state index in [1.807, 2.05) is 0 Å². The Morgan fingerprint density at radius 2 is 1.95 bits per heavy atom. The lowest BCUT2D eigenvalue weighted by atomic mass is 10.1. The molecule has 0 saturated heterocycles. The van der Waals surface area contributed by atoms with Crippen LogP contribution in [0.25, 0.3) is 0 Å². The van der Waals surface area contributed by atoms with Crippen molar-refractivity contribution >= 4 is 11.8 Å². The molecule has 20 heavy (non-hydrogen) atoms. The third-order valence-electron chi connectivity index (χ3n) is 2.85. The van der Waals surface area contributed by atoms with Crippen LogP contribution in [0.1, 0.15) is 18.5 Å². The van der Waals surface area contributed by atoms with Crippen molar-refractivity contribution in [1.82, 2.24) is 10.6 Å². The molecule has 1 atom stereocenters. The number of nitrogens with one attached hydrogen (secondary N) is 2. The summed E-state index contributed by atoms with van der Waals surface area (Å²) >= 11 is 0. The van der Waals surface area contributed by atoms with Crippen LogP contribution in [0.2, 0.25) is 0 Å². The highest BCUT2D eigenvalue weighted by Crippen LogP contribution is 2.12. The Balaban J connectivity index is 2.42. The van der Waals surface area contributed by atoms with E-state index in [9.17, 15) is 18.4 Å². The fourth-order valence-corrected chi connectivity index (χ4v) is 1.55. The monoisotopic (exact) mass is 286 g/mol. The summed E-state index contributed by atoms with van der Waals surface area (Å²) in [4.78, 5) is 22.4. The van der Waals surface area contributed by atoms with E-state index in [4.69, 9.17) is 0 Å². The minimum absolute atomic E-state index is 0.0806. The predicted octanol–water partition coefficient (Wildman–Crippen LogP) is -0.549. The molecule has 0 saturated carbocycles. The molecule has 1 rings (SSSR count). The first-order valence-corrected chi connectivity index (χ1v) is 6.19. The molecule has 0 aliphatic carbocycles. The number of halogens is 2. The van der Waals surface area contributed by atoms with Crippen molar-refractivity contribution in [3.8, 4) is 0 Å². The molecule has 7 heteroatoms. The summed E-state index contributed by atoms with van der Waals surface area (Å²) in [5, 5.41) is 6.50. The second-order valence-corrected chi connectivity index (χ2v) is 4.35. The van der Waals surface area contributed by atoms with Crippen LogP contribution in [0.5, 0.6) is 0 Å². The first kappa shape index (κ1) is 16.0. The van der Waals surface area contributed by atoms with E-state index in [0.717, 1.165) is 12.1 Å². The van der Waals surface area contributed by atoms with Gasteiger partial charge in [-0.2, -0.15) is 0 Å². The number of amides is 2. The van der Waals surface area contributed by atoms with Gasteiger partial charge in [0.15, 0.2) is 18.2 Å². The lowest BCUT2D eigenvalue weighted by Gasteiger charge is -2.11. The topological polar surface area (TPSA) is 74.8 Å². The molecule has 2 amide bonds. The Morgan fingerprint density at radius 1 is 1.25 bits per heavy atom. The molecule has 0 fully saturated rings. The standard InChI is InChI=1S/C13H17F2N3O2/c1-8(9-3-4-10(14)11(15)5-9)17-7-13(20)18-6-12(19)16-2/h3-5,8,17H,6-7H2,1-2H3,(H,16,19)(H,18,20)/p+1/t8-/m0/s1. The van der Waals surface area contributed by atoms with Gasteiger partial charge in [-0.3, -0.25) is 9.59 Å². The third kappa shape index (κ3) is 4.93. The number of quaternary nitrogens is 1. The number of hydrogen-bond acceptors (Lipinski definition) is 2. The van der Waals surface area contributed by atoms with Gasteiger partial charge in [0.1, 0.15) is 6.04 Å². The fraction of sp³-hybridized carbons (Fsp3) is 0.385. The zero-order valence-corrected chi connectivity index (χ0v) is 11.4. The minimum atomic E-state index is -0.910. The lowest BCUT2D eigenvalue weighted by molar-refractivity contribution is -0.682. The van der Waals surface area contributed by atoms with Crippen LogP contribution >= 0.6 is 0 Å². The molecule has 4 N–H and O–H groups in total. The van der Waals surface area contributed by atoms with Crippen LogP contribution in [0.3, 0.4) is 0 Å². The van der Waals surface area contributed by atoms with Gasteiger partial charge in [-0.25, -0.2) is 8.78 Å². The quantitative estimate of drug-likeness (QED) is 0.656. The van der Waals surface area contributed by atoms with Crippen molar-refractivity contribution in [3.05, 3.63) is 35.4 Å². The highest BCUT2D eigenvalue weighted by molar-refractivity contribution is 5.84. The van der Waals surface area contributed by atoms with E-state index in [2.05, 4.69) is 10.6 Å². The van der Waals surface area contributed by atoms with Crippen LogP contribution in [-0.2, 0) is 9.59 Å². The maximum Gasteiger partial charge on any atom is 0.275 e. The number of nitrogens with two attached hydrogens (primary N) is 1. The zero-order valence-electron chi connectivity index (χ0n) is 11.4. The number of carbonyl (C=O) groups is 2. The Labute approximate surface area is 115 Å². The summed E-state index contributed by atoms with van der Waals surface area (Å²) in [6.07, 6.45) is 0. The molecular formula is C13H18F2N3O2+. The largest absolute Gasteiger partial charge is 0.358 e. The maximum absolute atomic E-state index is 13.1. The second-order valence-electron chi connectivity index (χ2n) is 4.35. The van der Waals surface area contributed by atoms with Gasteiger partial charge in [-0.1, -0.05) is 0 Å². The summed E-state index contributed by atoms with van der Waals surface area (Å²) in [6, 6.07) is 3.44. The molecule has 0 aliphatic rings. The molecular weight excluding hydrogens is 268 g/mol. The molecule has 110 valence electrons. The van der Waals surface area contributed by atoms with E-state index >= 15 is 0 Å². The molecule has 0 aliphatic heterocycles. The predicted molar refractivity (Wildman–Crippen MR) is 68.6 cm³/mol. The van der Waals surface area contributed by atoms with Gasteiger partial charge in [0, 0.05) is 12.6 Å². The summed E-state index contributed by atoms with van der Waals surface area (Å²) < 4.78 is 25.9. The normalized spacial score (nSPS) is 11.8. The molecule has 5 nitrogen and oxygen atoms in total. The number of carbonyl (C=O) groups excluding carboxylic acids is 2. The molecule has 0 aromatic heterocycles. The van der Waals surface area contributed by atoms with Crippen molar-refractivity contribution in [3.63, 3.8) is 0 Å². The average molecular weight is 286 g/mol. The number of rotatable bonds is 6. The summed E-state index contributed by atoms with van der Waals surface area (Å²) in [6.45, 7) is 1.79. The van der Waals surface area contributed by atoms with E-state index in [1.165, 1.54) is 13.1 Å². The van der Waals surface area contributed by atoms with Crippen molar-refractivity contribution in [2.75, 3.05) is 20.1 Å². The fourth-order valence-electron chi connectivity index (χ4n) is 1.55. The molecule has 0 unspecified atom stereocenters. The maximum atomic E-state index is 13.1. The van der Waals surface area contributed by atoms with Crippen LogP contribution in [0.15, 0.2) is 18.2 Å². The second kappa shape index (κ2) is 7.54. The van der Waals surface area contributed by atoms with Crippen molar-refractivity contribution in [1.29, 1.82) is 0 Å². The minimum Gasteiger partial charge on any atom is -0.358 e. The number of hydrogen-bond donors (Lipinski definition) is 3. The highest BCUT2D eigenvalue weighted by atomic mass is 19.2. The van der Waals surface area contributed by atoms with Gasteiger partial charge in [0.2, 0.25) is 5.91 Å². The van der Waals surface area contributed by atoms with Gasteiger partial charge in [0.05, 0.1) is 6.54 Å². The van der Waals surface area contributed by atoms with E-state index in [1.54, 1.807) is 12.2 Å². The van der Waals surface area contributed by atoms with Gasteiger partial charge in [0.25, 0.3) is 5.91 Å². The summed E-state index contributed by atoms with van der Waals surface area (Å²) in [7, 11) is 1.48. The number of benzene rings is 1. The SMILES string of the molecule is CNC(=O)CNC(=O)C[NH2+][C@@H](C)c1ccc(F)c(F)c1. The molecule has 0 bridgehead atoms. The number of likely N-dealkylation sites (N-methyl/N-ethyl adjacent to an activating group) is 1. The van der Waals surface area contributed by atoms with Crippen LogP contribution in [0, 0.1) is 11.6 Å². The van der Waals surface area contributed by atoms with Gasteiger partial charge in [-0.15, -0.1) is 0 Å². The van der Waals surface area contributed by atoms with Gasteiger partial charge >= 0.3 is 0 Å². The lowest BCUT2D eigenvalue weighted by Crippen LogP contribution is -2.87. The molecule has 1 aromatic carbocycles. The van der Waals surface area contributed by atoms with Crippen LogP contribution in [-0.4, -0.2) is 32.0 Å². The Hall–Kier alpha value is -2.02. The smallest absolute Gasteiger partial charge is 0.275 e. The Morgan fingerprint density at radius 3 is 2.55 bits per heavy atom. The van der Waals surface area contributed by atoms with Crippen LogP contribution in [0.4, 0.5) is 8.78 Å². The van der Waals surface area contributed by atoms with E-state index in [-0.39, 0.29) is 30.9 Å². The van der Waals surface area contributed by atoms with Gasteiger partial charge < -0.3 is 16.0 Å². The van der Waals surface area contributed by atoms with E-state index < -0.39 is 11.6 Å². The molecule has 0 heterocycles. The first-order valence-electron chi connectivity index (χ1n) is 6.19. The Bertz CT molecular complexity index is 495. The third-order valence-corrected chi connectivity index (χ3v) is 2.85. The van der Waals surface area contributed by atoms with E-state index in [0.29, 0.717) is 5.56 Å². The van der Waals surface area contributed by atoms with Crippen LogP contribution < -0.4 is 16.0 Å². The molecule has 0 spiro atoms. The zero-order chi connectivity index (χ0) is 15.1. The van der Waals surface area contributed by atoms with Gasteiger partial charge in [-0.05, 0) is 25.1 Å². The van der Waals surface area contributed by atoms with Crippen molar-refractivity contribution in [2.45, 2.75) is 13.0 Å². The summed E-state index contributed by atoms with van der Waals surface area (Å²) in [5.74, 6) is -2.40. The summed E-state index contributed by atoms with van der Waals surface area (Å²) in [5.41, 5.74) is 0.586. The van der Waals surface area contributed by atoms with Crippen molar-refractivity contribution < 1.29 is 23.7 Å². The van der Waals surface area contributed by atoms with Crippen molar-refractivity contribution in [2.24, 2.45) is 0 Å². The Kier molecular flexibility index (Phi) is 6.05.